The maximum Gasteiger partial charge on any atom is 0.330 e. The third-order valence-electron chi connectivity index (χ3n) is 4.90. The van der Waals surface area contributed by atoms with E-state index < -0.39 is 72.7 Å². The number of aliphatic hydroxyl groups is 2. The quantitative estimate of drug-likeness (QED) is 0.208. The van der Waals surface area contributed by atoms with E-state index in [0.29, 0.717) is 11.4 Å². The van der Waals surface area contributed by atoms with E-state index >= 15 is 0 Å². The first-order valence-electron chi connectivity index (χ1n) is 10.5. The van der Waals surface area contributed by atoms with Gasteiger partial charge in [0.1, 0.15) is 29.6 Å². The van der Waals surface area contributed by atoms with Crippen LogP contribution in [0.1, 0.15) is 33.9 Å². The average molecular weight is 540 g/mol. The zero-order chi connectivity index (χ0) is 26.6. The molecule has 0 unspecified atom stereocenters. The van der Waals surface area contributed by atoms with Crippen molar-refractivity contribution in [1.82, 2.24) is 14.6 Å². The Bertz CT molecular complexity index is 1070. The molecule has 2 heterocycles. The zero-order valence-electron chi connectivity index (χ0n) is 19.8. The molecule has 0 amide bonds. The van der Waals surface area contributed by atoms with Crippen LogP contribution in [-0.4, -0.2) is 81.1 Å². The van der Waals surface area contributed by atoms with Gasteiger partial charge in [-0.25, -0.2) is 9.88 Å². The number of esters is 2. The van der Waals surface area contributed by atoms with Gasteiger partial charge in [0.05, 0.1) is 19.8 Å². The lowest BCUT2D eigenvalue weighted by atomic mass is 9.96. The Morgan fingerprint density at radius 3 is 2.60 bits per heavy atom. The number of methoxy groups -OCH3 is 1. The Kier molecular flexibility index (Phi) is 9.87. The van der Waals surface area contributed by atoms with Crippen molar-refractivity contribution >= 4 is 30.0 Å². The Morgan fingerprint density at radius 2 is 2.03 bits per heavy atom. The highest BCUT2D eigenvalue weighted by molar-refractivity contribution is 8.56. The van der Waals surface area contributed by atoms with Crippen LogP contribution in [0, 0.1) is 0 Å². The number of hydrogen-bond donors (Lipinski definition) is 4. The molecule has 6 atom stereocenters. The number of H-pyrrole nitrogens is 1. The number of aromatic nitrogens is 2. The smallest absolute Gasteiger partial charge is 0.330 e. The average Bonchev–Trinajstić information content (AvgIpc) is 2.99. The minimum absolute atomic E-state index is 0.381. The van der Waals surface area contributed by atoms with Crippen molar-refractivity contribution in [3.63, 3.8) is 0 Å². The Hall–Kier alpha value is -2.00. The third-order valence-corrected chi connectivity index (χ3v) is 8.84. The van der Waals surface area contributed by atoms with Crippen LogP contribution in [0.2, 0.25) is 0 Å². The van der Waals surface area contributed by atoms with Gasteiger partial charge in [-0.2, -0.15) is 0 Å². The fraction of sp³-hybridized carbons (Fsp3) is 0.684. The molecular weight excluding hydrogens is 509 g/mol. The van der Waals surface area contributed by atoms with Gasteiger partial charge in [0, 0.05) is 12.3 Å². The second kappa shape index (κ2) is 11.8. The van der Waals surface area contributed by atoms with Crippen molar-refractivity contribution in [3.8, 4) is 0 Å². The molecule has 0 aromatic carbocycles. The maximum absolute atomic E-state index is 13.4. The molecule has 1 aliphatic heterocycles. The number of ether oxygens (including phenoxy) is 3. The largest absolute Gasteiger partial charge is 0.468 e. The van der Waals surface area contributed by atoms with Crippen molar-refractivity contribution in [2.75, 3.05) is 19.5 Å². The van der Waals surface area contributed by atoms with Crippen LogP contribution in [0.3, 0.4) is 0 Å². The lowest BCUT2D eigenvalue weighted by molar-refractivity contribution is -0.149. The molecule has 0 spiro atoms. The molecule has 14 nitrogen and oxygen atoms in total. The van der Waals surface area contributed by atoms with Crippen molar-refractivity contribution in [3.05, 3.63) is 33.1 Å². The summed E-state index contributed by atoms with van der Waals surface area (Å²) in [6.07, 6.45) is -3.62. The van der Waals surface area contributed by atoms with E-state index in [1.807, 2.05) is 4.98 Å². The van der Waals surface area contributed by atoms with Gasteiger partial charge in [0.25, 0.3) is 5.56 Å². The van der Waals surface area contributed by atoms with Crippen LogP contribution in [-0.2, 0) is 32.9 Å². The molecule has 2 rings (SSSR count). The first-order valence-corrected chi connectivity index (χ1v) is 13.7. The number of hydrogen-bond acceptors (Lipinski definition) is 12. The summed E-state index contributed by atoms with van der Waals surface area (Å²) in [6.45, 7) is 1.34. The number of nitrogens with zero attached hydrogens (tertiary/aromatic N) is 1. The number of rotatable bonds is 11. The highest BCUT2D eigenvalue weighted by atomic mass is 32.7. The van der Waals surface area contributed by atoms with Gasteiger partial charge in [0.15, 0.2) is 6.23 Å². The van der Waals surface area contributed by atoms with Crippen LogP contribution in [0.5, 0.6) is 0 Å². The summed E-state index contributed by atoms with van der Waals surface area (Å²) >= 11 is 0.552. The third kappa shape index (κ3) is 7.49. The van der Waals surface area contributed by atoms with Gasteiger partial charge >= 0.3 is 24.3 Å². The molecule has 1 aliphatic rings. The normalized spacial score (nSPS) is 26.8. The summed E-state index contributed by atoms with van der Waals surface area (Å²) in [5.74, 6) is -1.79. The highest BCUT2D eigenvalue weighted by Crippen LogP contribution is 2.57. The van der Waals surface area contributed by atoms with Crippen LogP contribution in [0.4, 0.5) is 0 Å². The number of carbonyl (C=O) groups is 2. The molecule has 35 heavy (non-hydrogen) atoms. The molecule has 0 aliphatic carbocycles. The lowest BCUT2D eigenvalue weighted by Crippen LogP contribution is -2.47. The first-order chi connectivity index (χ1) is 16.2. The maximum atomic E-state index is 13.4. The van der Waals surface area contributed by atoms with Gasteiger partial charge in [-0.05, 0) is 39.1 Å². The molecule has 1 fully saturated rings. The van der Waals surface area contributed by atoms with E-state index in [9.17, 15) is 34.0 Å². The Morgan fingerprint density at radius 1 is 1.37 bits per heavy atom. The number of aliphatic hydroxyl groups excluding tert-OH is 1. The molecule has 0 saturated carbocycles. The van der Waals surface area contributed by atoms with Crippen LogP contribution >= 0.6 is 18.1 Å². The van der Waals surface area contributed by atoms with E-state index in [4.69, 9.17) is 14.0 Å². The van der Waals surface area contributed by atoms with Crippen LogP contribution in [0.25, 0.3) is 0 Å². The topological polar surface area (TPSA) is 195 Å². The van der Waals surface area contributed by atoms with Crippen molar-refractivity contribution in [2.24, 2.45) is 0 Å². The van der Waals surface area contributed by atoms with Gasteiger partial charge in [-0.15, -0.1) is 0 Å². The summed E-state index contributed by atoms with van der Waals surface area (Å²) in [6, 6.07) is -0.0469. The molecule has 1 aromatic heterocycles. The van der Waals surface area contributed by atoms with E-state index in [-0.39, 0.29) is 5.75 Å². The molecule has 198 valence electrons. The van der Waals surface area contributed by atoms with Crippen molar-refractivity contribution in [2.45, 2.75) is 63.9 Å². The standard InChI is InChI=1S/C19H30N3O11PS/c1-10(2)32-16(26)11(3)21-34(29,35-9-14(24)30-5)31-8-12-15(25)19(4,28)17(33-12)22-7-6-13(23)20-18(22)27/h6-7,10-12,15,17,25,28H,8-9H2,1-5H3,(H,21,29)(H,20,23,27)/t11-,12-,15-,17-,19-,34-/m1/s1. The highest BCUT2D eigenvalue weighted by Gasteiger charge is 2.54. The van der Waals surface area contributed by atoms with Crippen molar-refractivity contribution in [1.29, 1.82) is 0 Å². The van der Waals surface area contributed by atoms with E-state index in [1.165, 1.54) is 13.8 Å². The molecule has 1 aromatic rings. The van der Waals surface area contributed by atoms with E-state index in [1.54, 1.807) is 13.8 Å². The number of carbonyl (C=O) groups excluding carboxylic acids is 2. The monoisotopic (exact) mass is 539 g/mol. The summed E-state index contributed by atoms with van der Waals surface area (Å²) in [4.78, 5) is 49.2. The number of nitrogens with one attached hydrogen (secondary N) is 2. The molecule has 4 N–H and O–H groups in total. The predicted octanol–water partition coefficient (Wildman–Crippen LogP) is -0.493. The number of aromatic amines is 1. The zero-order valence-corrected chi connectivity index (χ0v) is 21.5. The van der Waals surface area contributed by atoms with E-state index in [2.05, 4.69) is 9.82 Å². The predicted molar refractivity (Wildman–Crippen MR) is 124 cm³/mol. The summed E-state index contributed by atoms with van der Waals surface area (Å²) in [7, 11) is 1.15. The first kappa shape index (κ1) is 29.2. The van der Waals surface area contributed by atoms with Gasteiger partial charge in [-0.3, -0.25) is 28.5 Å². The summed E-state index contributed by atoms with van der Waals surface area (Å²) in [5, 5.41) is 23.9. The minimum atomic E-state index is -3.99. The fourth-order valence-electron chi connectivity index (χ4n) is 3.09. The van der Waals surface area contributed by atoms with Gasteiger partial charge in [-0.1, -0.05) is 0 Å². The molecule has 0 radical (unpaired) electrons. The van der Waals surface area contributed by atoms with Crippen LogP contribution in [0.15, 0.2) is 21.9 Å². The van der Waals surface area contributed by atoms with Crippen LogP contribution < -0.4 is 16.3 Å². The second-order valence-electron chi connectivity index (χ2n) is 8.19. The second-order valence-corrected chi connectivity index (χ2v) is 12.5. The SMILES string of the molecule is COC(=O)CS[P@@](=O)(N[C@H](C)C(=O)OC(C)C)OC[C@H]1O[C@@H](n2ccc(=O)[nH]c2=O)[C@](C)(O)[C@@H]1O. The summed E-state index contributed by atoms with van der Waals surface area (Å²) in [5.41, 5.74) is -3.54. The Labute approximate surface area is 204 Å². The van der Waals surface area contributed by atoms with Crippen molar-refractivity contribution < 1.29 is 43.1 Å². The molecule has 1 saturated heterocycles. The Balaban J connectivity index is 2.19. The molecule has 16 heteroatoms. The molecular formula is C19H30N3O11PS. The lowest BCUT2D eigenvalue weighted by Gasteiger charge is -2.27. The van der Waals surface area contributed by atoms with E-state index in [0.717, 1.165) is 23.9 Å². The summed E-state index contributed by atoms with van der Waals surface area (Å²) < 4.78 is 35.0. The molecule has 0 bridgehead atoms. The fourth-order valence-corrected chi connectivity index (χ4v) is 6.56. The minimum Gasteiger partial charge on any atom is -0.468 e. The van der Waals surface area contributed by atoms with Gasteiger partial charge in [0.2, 0.25) is 0 Å². The van der Waals surface area contributed by atoms with Gasteiger partial charge < -0.3 is 28.9 Å².